The third kappa shape index (κ3) is 4.58. The van der Waals surface area contributed by atoms with Gasteiger partial charge in [0.05, 0.1) is 0 Å². The van der Waals surface area contributed by atoms with E-state index in [1.54, 1.807) is 12.1 Å². The van der Waals surface area contributed by atoms with Gasteiger partial charge in [0.1, 0.15) is 18.1 Å². The number of hydrogen-bond donors (Lipinski definition) is 1. The third-order valence-corrected chi connectivity index (χ3v) is 3.53. The highest BCUT2D eigenvalue weighted by atomic mass is 79.9. The van der Waals surface area contributed by atoms with Crippen molar-refractivity contribution in [3.8, 4) is 5.75 Å². The Morgan fingerprint density at radius 1 is 1.33 bits per heavy atom. The Morgan fingerprint density at radius 3 is 2.81 bits per heavy atom. The fourth-order valence-corrected chi connectivity index (χ4v) is 2.23. The molecule has 0 atom stereocenters. The predicted octanol–water partition coefficient (Wildman–Crippen LogP) is 4.57. The van der Waals surface area contributed by atoms with Gasteiger partial charge in [-0.25, -0.2) is 4.39 Å². The summed E-state index contributed by atoms with van der Waals surface area (Å²) in [5.74, 6) is 1.37. The van der Waals surface area contributed by atoms with Crippen LogP contribution in [0.15, 0.2) is 33.2 Å². The first-order valence-corrected chi connectivity index (χ1v) is 7.64. The maximum absolute atomic E-state index is 13.6. The summed E-state index contributed by atoms with van der Waals surface area (Å²) >= 11 is 3.29. The van der Waals surface area contributed by atoms with Crippen LogP contribution in [0.2, 0.25) is 0 Å². The molecule has 1 N–H and O–H groups in total. The normalized spacial score (nSPS) is 11.1. The van der Waals surface area contributed by atoms with E-state index in [0.29, 0.717) is 11.8 Å². The van der Waals surface area contributed by atoms with Gasteiger partial charge in [0, 0.05) is 22.6 Å². The largest absolute Gasteiger partial charge is 0.483 e. The van der Waals surface area contributed by atoms with E-state index in [4.69, 9.17) is 9.15 Å². The molecular weight excluding hydrogens is 337 g/mol. The van der Waals surface area contributed by atoms with Crippen molar-refractivity contribution in [2.75, 3.05) is 0 Å². The molecule has 2 aromatic rings. The van der Waals surface area contributed by atoms with E-state index < -0.39 is 0 Å². The fourth-order valence-electron chi connectivity index (χ4n) is 1.89. The highest BCUT2D eigenvalue weighted by Gasteiger charge is 2.10. The van der Waals surface area contributed by atoms with Crippen molar-refractivity contribution in [2.45, 2.75) is 40.0 Å². The van der Waals surface area contributed by atoms with Crippen molar-refractivity contribution in [2.24, 2.45) is 0 Å². The van der Waals surface area contributed by atoms with Crippen molar-refractivity contribution in [3.63, 3.8) is 0 Å². The molecule has 0 amide bonds. The maximum Gasteiger partial charge on any atom is 0.165 e. The van der Waals surface area contributed by atoms with Gasteiger partial charge in [0.25, 0.3) is 0 Å². The molecule has 0 radical (unpaired) electrons. The zero-order valence-corrected chi connectivity index (χ0v) is 14.0. The average Bonchev–Trinajstić information content (AvgIpc) is 2.78. The van der Waals surface area contributed by atoms with Gasteiger partial charge >= 0.3 is 0 Å². The van der Waals surface area contributed by atoms with Crippen LogP contribution in [-0.4, -0.2) is 6.04 Å². The summed E-state index contributed by atoms with van der Waals surface area (Å²) in [5.41, 5.74) is 1.09. The van der Waals surface area contributed by atoms with Crippen LogP contribution in [0.4, 0.5) is 4.39 Å². The van der Waals surface area contributed by atoms with E-state index in [1.165, 1.54) is 6.07 Å². The summed E-state index contributed by atoms with van der Waals surface area (Å²) in [5, 5.41) is 3.34. The second-order valence-corrected chi connectivity index (χ2v) is 6.11. The summed E-state index contributed by atoms with van der Waals surface area (Å²) in [6.45, 7) is 7.06. The van der Waals surface area contributed by atoms with Crippen LogP contribution >= 0.6 is 15.9 Å². The topological polar surface area (TPSA) is 34.4 Å². The number of rotatable bonds is 6. The molecule has 0 bridgehead atoms. The van der Waals surface area contributed by atoms with Gasteiger partial charge in [-0.05, 0) is 31.2 Å². The minimum Gasteiger partial charge on any atom is -0.483 e. The first kappa shape index (κ1) is 16.0. The van der Waals surface area contributed by atoms with Crippen molar-refractivity contribution in [1.82, 2.24) is 5.32 Å². The number of ether oxygens (including phenoxy) is 1. The summed E-state index contributed by atoms with van der Waals surface area (Å²) < 4.78 is 25.5. The molecule has 0 aliphatic rings. The molecule has 0 unspecified atom stereocenters. The minimum absolute atomic E-state index is 0.204. The molecular formula is C16H19BrFNO2. The molecule has 3 nitrogen and oxygen atoms in total. The zero-order chi connectivity index (χ0) is 15.4. The monoisotopic (exact) mass is 355 g/mol. The fraction of sp³-hybridized carbons (Fsp3) is 0.375. The van der Waals surface area contributed by atoms with Gasteiger partial charge in [0.15, 0.2) is 11.6 Å². The molecule has 0 fully saturated rings. The minimum atomic E-state index is -0.386. The predicted molar refractivity (Wildman–Crippen MR) is 83.9 cm³/mol. The Bertz CT molecular complexity index is 610. The van der Waals surface area contributed by atoms with Crippen molar-refractivity contribution in [3.05, 3.63) is 51.6 Å². The van der Waals surface area contributed by atoms with Crippen LogP contribution in [0.3, 0.4) is 0 Å². The Hall–Kier alpha value is -1.33. The summed E-state index contributed by atoms with van der Waals surface area (Å²) in [6, 6.07) is 6.96. The lowest BCUT2D eigenvalue weighted by Gasteiger charge is -2.06. The molecule has 2 rings (SSSR count). The number of benzene rings is 1. The lowest BCUT2D eigenvalue weighted by Crippen LogP contribution is -2.21. The Kier molecular flexibility index (Phi) is 5.42. The van der Waals surface area contributed by atoms with E-state index >= 15 is 0 Å². The Balaban J connectivity index is 2.00. The van der Waals surface area contributed by atoms with Crippen LogP contribution < -0.4 is 10.1 Å². The van der Waals surface area contributed by atoms with Gasteiger partial charge in [-0.1, -0.05) is 29.8 Å². The Morgan fingerprint density at radius 2 is 2.10 bits per heavy atom. The molecule has 0 saturated carbocycles. The SMILES string of the molecule is Cc1oc(COc2cc(Br)ccc2F)cc1CNC(C)C. The number of halogens is 2. The lowest BCUT2D eigenvalue weighted by atomic mass is 10.2. The summed E-state index contributed by atoms with van der Waals surface area (Å²) in [7, 11) is 0. The molecule has 0 saturated heterocycles. The first-order valence-electron chi connectivity index (χ1n) is 6.85. The molecule has 1 aromatic heterocycles. The van der Waals surface area contributed by atoms with Crippen LogP contribution in [-0.2, 0) is 13.2 Å². The molecule has 0 aliphatic heterocycles. The average molecular weight is 356 g/mol. The number of furan rings is 1. The van der Waals surface area contributed by atoms with Gasteiger partial charge in [0.2, 0.25) is 0 Å². The molecule has 1 aromatic carbocycles. The molecule has 114 valence electrons. The van der Waals surface area contributed by atoms with Gasteiger partial charge < -0.3 is 14.5 Å². The van der Waals surface area contributed by atoms with Crippen molar-refractivity contribution < 1.29 is 13.5 Å². The summed E-state index contributed by atoms with van der Waals surface area (Å²) in [4.78, 5) is 0. The molecule has 0 spiro atoms. The molecule has 5 heteroatoms. The maximum atomic E-state index is 13.6. The van der Waals surface area contributed by atoms with Crippen LogP contribution in [0, 0.1) is 12.7 Å². The van der Waals surface area contributed by atoms with E-state index in [-0.39, 0.29) is 18.2 Å². The van der Waals surface area contributed by atoms with Crippen LogP contribution in [0.5, 0.6) is 5.75 Å². The standard InChI is InChI=1S/C16H19BrFNO2/c1-10(2)19-8-12-6-14(21-11(12)3)9-20-16-7-13(17)4-5-15(16)18/h4-7,10,19H,8-9H2,1-3H3. The quantitative estimate of drug-likeness (QED) is 0.824. The van der Waals surface area contributed by atoms with Crippen molar-refractivity contribution in [1.29, 1.82) is 0 Å². The van der Waals surface area contributed by atoms with Crippen LogP contribution in [0.25, 0.3) is 0 Å². The molecule has 1 heterocycles. The third-order valence-electron chi connectivity index (χ3n) is 3.04. The van der Waals surface area contributed by atoms with Gasteiger partial charge in [-0.2, -0.15) is 0 Å². The number of nitrogens with one attached hydrogen (secondary N) is 1. The van der Waals surface area contributed by atoms with E-state index in [1.807, 2.05) is 13.0 Å². The highest BCUT2D eigenvalue weighted by Crippen LogP contribution is 2.24. The summed E-state index contributed by atoms with van der Waals surface area (Å²) in [6.07, 6.45) is 0. The smallest absolute Gasteiger partial charge is 0.165 e. The van der Waals surface area contributed by atoms with Crippen LogP contribution in [0.1, 0.15) is 30.9 Å². The lowest BCUT2D eigenvalue weighted by molar-refractivity contribution is 0.256. The van der Waals surface area contributed by atoms with E-state index in [0.717, 1.165) is 22.3 Å². The zero-order valence-electron chi connectivity index (χ0n) is 12.4. The van der Waals surface area contributed by atoms with Gasteiger partial charge in [-0.3, -0.25) is 0 Å². The number of hydrogen-bond acceptors (Lipinski definition) is 3. The second kappa shape index (κ2) is 7.09. The van der Waals surface area contributed by atoms with Crippen molar-refractivity contribution >= 4 is 15.9 Å². The first-order chi connectivity index (χ1) is 9.95. The molecule has 0 aliphatic carbocycles. The molecule has 21 heavy (non-hydrogen) atoms. The van der Waals surface area contributed by atoms with E-state index in [2.05, 4.69) is 35.1 Å². The second-order valence-electron chi connectivity index (χ2n) is 5.19. The number of aryl methyl sites for hydroxylation is 1. The van der Waals surface area contributed by atoms with Gasteiger partial charge in [-0.15, -0.1) is 0 Å². The highest BCUT2D eigenvalue weighted by molar-refractivity contribution is 9.10. The van der Waals surface area contributed by atoms with E-state index in [9.17, 15) is 4.39 Å². The Labute approximate surface area is 132 Å².